The van der Waals surface area contributed by atoms with Crippen molar-refractivity contribution in [3.05, 3.63) is 29.8 Å². The van der Waals surface area contributed by atoms with Gasteiger partial charge in [-0.2, -0.15) is 5.26 Å². The van der Waals surface area contributed by atoms with E-state index < -0.39 is 22.0 Å². The molecule has 0 aliphatic heterocycles. The maximum absolute atomic E-state index is 11.9. The molecule has 1 rings (SSSR count). The van der Waals surface area contributed by atoms with Crippen LogP contribution in [-0.2, 0) is 9.84 Å². The van der Waals surface area contributed by atoms with Crippen molar-refractivity contribution in [3.8, 4) is 6.07 Å². The van der Waals surface area contributed by atoms with Crippen molar-refractivity contribution in [1.82, 2.24) is 0 Å². The number of benzene rings is 1. The van der Waals surface area contributed by atoms with Crippen LogP contribution >= 0.6 is 0 Å². The van der Waals surface area contributed by atoms with E-state index in [1.807, 2.05) is 0 Å². The number of halogens is 2. The Morgan fingerprint density at radius 1 is 1.27 bits per heavy atom. The van der Waals surface area contributed by atoms with E-state index in [1.165, 1.54) is 12.1 Å². The fraction of sp³-hybridized carbons (Fsp3) is 0.222. The first-order valence-electron chi connectivity index (χ1n) is 3.97. The largest absolute Gasteiger partial charge is 0.252 e. The van der Waals surface area contributed by atoms with Crippen LogP contribution < -0.4 is 0 Å². The molecule has 6 heteroatoms. The molecule has 0 atom stereocenters. The lowest BCUT2D eigenvalue weighted by atomic mass is 10.2. The van der Waals surface area contributed by atoms with Gasteiger partial charge >= 0.3 is 0 Å². The third-order valence-corrected chi connectivity index (χ3v) is 3.37. The minimum absolute atomic E-state index is 0.193. The highest BCUT2D eigenvalue weighted by Crippen LogP contribution is 2.14. The zero-order valence-electron chi connectivity index (χ0n) is 7.52. The summed E-state index contributed by atoms with van der Waals surface area (Å²) in [5.41, 5.74) is 0.283. The highest BCUT2D eigenvalue weighted by molar-refractivity contribution is 7.91. The van der Waals surface area contributed by atoms with Gasteiger partial charge in [0.1, 0.15) is 5.75 Å². The van der Waals surface area contributed by atoms with Gasteiger partial charge in [-0.1, -0.05) is 0 Å². The molecule has 0 spiro atoms. The van der Waals surface area contributed by atoms with Crippen LogP contribution in [0.5, 0.6) is 0 Å². The minimum Gasteiger partial charge on any atom is -0.223 e. The average molecular weight is 231 g/mol. The van der Waals surface area contributed by atoms with Crippen LogP contribution in [0.15, 0.2) is 29.2 Å². The molecule has 3 nitrogen and oxygen atoms in total. The Bertz CT molecular complexity index is 474. The number of sulfone groups is 1. The SMILES string of the molecule is N#Cc1ccc(S(=O)(=O)CC(F)F)cc1. The van der Waals surface area contributed by atoms with Crippen LogP contribution in [0, 0.1) is 11.3 Å². The summed E-state index contributed by atoms with van der Waals surface area (Å²) in [4.78, 5) is -0.193. The Labute approximate surface area is 85.9 Å². The molecule has 0 saturated carbocycles. The van der Waals surface area contributed by atoms with Crippen LogP contribution in [0.4, 0.5) is 8.78 Å². The van der Waals surface area contributed by atoms with Gasteiger partial charge in [-0.3, -0.25) is 0 Å². The van der Waals surface area contributed by atoms with E-state index in [4.69, 9.17) is 5.26 Å². The van der Waals surface area contributed by atoms with Gasteiger partial charge in [0.25, 0.3) is 6.43 Å². The first-order valence-corrected chi connectivity index (χ1v) is 5.62. The van der Waals surface area contributed by atoms with Gasteiger partial charge in [-0.05, 0) is 24.3 Å². The van der Waals surface area contributed by atoms with Crippen molar-refractivity contribution in [1.29, 1.82) is 5.26 Å². The number of rotatable bonds is 3. The molecular formula is C9H7F2NO2S. The molecule has 0 unspecified atom stereocenters. The lowest BCUT2D eigenvalue weighted by Crippen LogP contribution is -2.13. The zero-order chi connectivity index (χ0) is 11.5. The molecule has 1 aromatic rings. The summed E-state index contributed by atoms with van der Waals surface area (Å²) >= 11 is 0. The van der Waals surface area contributed by atoms with E-state index in [2.05, 4.69) is 0 Å². The zero-order valence-corrected chi connectivity index (χ0v) is 8.34. The molecule has 0 saturated heterocycles. The molecule has 0 N–H and O–H groups in total. The highest BCUT2D eigenvalue weighted by atomic mass is 32.2. The third-order valence-electron chi connectivity index (χ3n) is 1.69. The minimum atomic E-state index is -3.94. The summed E-state index contributed by atoms with van der Waals surface area (Å²) in [6.45, 7) is 0. The molecule has 15 heavy (non-hydrogen) atoms. The molecule has 0 aliphatic carbocycles. The highest BCUT2D eigenvalue weighted by Gasteiger charge is 2.20. The van der Waals surface area contributed by atoms with E-state index in [0.29, 0.717) is 0 Å². The van der Waals surface area contributed by atoms with Crippen molar-refractivity contribution < 1.29 is 17.2 Å². The molecule has 0 radical (unpaired) electrons. The molecule has 0 bridgehead atoms. The predicted octanol–water partition coefficient (Wildman–Crippen LogP) is 1.60. The van der Waals surface area contributed by atoms with Gasteiger partial charge in [0.05, 0.1) is 16.5 Å². The summed E-state index contributed by atoms with van der Waals surface area (Å²) in [6, 6.07) is 6.65. The van der Waals surface area contributed by atoms with Crippen molar-refractivity contribution >= 4 is 9.84 Å². The Morgan fingerprint density at radius 3 is 2.20 bits per heavy atom. The van der Waals surface area contributed by atoms with Gasteiger partial charge in [0, 0.05) is 0 Å². The van der Waals surface area contributed by atoms with Gasteiger partial charge in [-0.25, -0.2) is 17.2 Å². The summed E-state index contributed by atoms with van der Waals surface area (Å²) < 4.78 is 46.4. The summed E-state index contributed by atoms with van der Waals surface area (Å²) in [7, 11) is -3.94. The maximum atomic E-state index is 11.9. The predicted molar refractivity (Wildman–Crippen MR) is 49.2 cm³/mol. The normalized spacial score (nSPS) is 11.3. The molecule has 1 aromatic carbocycles. The molecule has 0 fully saturated rings. The first kappa shape index (κ1) is 11.6. The summed E-state index contributed by atoms with van der Waals surface area (Å²) in [5, 5.41) is 8.46. The van der Waals surface area contributed by atoms with Crippen molar-refractivity contribution in [2.45, 2.75) is 11.3 Å². The second-order valence-electron chi connectivity index (χ2n) is 2.81. The van der Waals surface area contributed by atoms with E-state index in [-0.39, 0.29) is 10.5 Å². The van der Waals surface area contributed by atoms with Crippen LogP contribution in [0.3, 0.4) is 0 Å². The van der Waals surface area contributed by atoms with Crippen molar-refractivity contribution in [3.63, 3.8) is 0 Å². The van der Waals surface area contributed by atoms with Crippen molar-refractivity contribution in [2.75, 3.05) is 5.75 Å². The standard InChI is InChI=1S/C9H7F2NO2S/c10-9(11)6-15(13,14)8-3-1-7(5-12)2-4-8/h1-4,9H,6H2. The van der Waals surface area contributed by atoms with Crippen LogP contribution in [0.1, 0.15) is 5.56 Å². The maximum Gasteiger partial charge on any atom is 0.252 e. The summed E-state index contributed by atoms with van der Waals surface area (Å²) in [5.74, 6) is -1.20. The van der Waals surface area contributed by atoms with Gasteiger partial charge in [0.2, 0.25) is 0 Å². The van der Waals surface area contributed by atoms with Gasteiger partial charge < -0.3 is 0 Å². The Kier molecular flexibility index (Phi) is 3.37. The Balaban J connectivity index is 3.02. The first-order chi connectivity index (χ1) is 6.95. The van der Waals surface area contributed by atoms with E-state index in [0.717, 1.165) is 12.1 Å². The topological polar surface area (TPSA) is 57.9 Å². The van der Waals surface area contributed by atoms with Gasteiger partial charge in [0.15, 0.2) is 9.84 Å². The fourth-order valence-corrected chi connectivity index (χ4v) is 2.07. The quantitative estimate of drug-likeness (QED) is 0.793. The molecule has 0 heterocycles. The smallest absolute Gasteiger partial charge is 0.223 e. The Morgan fingerprint density at radius 2 is 1.80 bits per heavy atom. The van der Waals surface area contributed by atoms with Gasteiger partial charge in [-0.15, -0.1) is 0 Å². The monoisotopic (exact) mass is 231 g/mol. The Hall–Kier alpha value is -1.48. The molecule has 80 valence electrons. The second kappa shape index (κ2) is 4.36. The lowest BCUT2D eigenvalue weighted by molar-refractivity contribution is 0.174. The molecule has 0 amide bonds. The van der Waals surface area contributed by atoms with E-state index in [1.54, 1.807) is 6.07 Å². The second-order valence-corrected chi connectivity index (χ2v) is 4.84. The molecule has 0 aliphatic rings. The molecule has 0 aromatic heterocycles. The fourth-order valence-electron chi connectivity index (χ4n) is 0.999. The lowest BCUT2D eigenvalue weighted by Gasteiger charge is -2.02. The summed E-state index contributed by atoms with van der Waals surface area (Å²) in [6.07, 6.45) is -2.90. The van der Waals surface area contributed by atoms with E-state index in [9.17, 15) is 17.2 Å². The van der Waals surface area contributed by atoms with E-state index >= 15 is 0 Å². The number of hydrogen-bond donors (Lipinski definition) is 0. The number of nitriles is 1. The number of nitrogens with zero attached hydrogens (tertiary/aromatic N) is 1. The number of hydrogen-bond acceptors (Lipinski definition) is 3. The number of alkyl halides is 2. The third kappa shape index (κ3) is 2.99. The molecular weight excluding hydrogens is 224 g/mol. The average Bonchev–Trinajstić information content (AvgIpc) is 2.16. The van der Waals surface area contributed by atoms with Crippen molar-refractivity contribution in [2.24, 2.45) is 0 Å². The van der Waals surface area contributed by atoms with Crippen LogP contribution in [0.25, 0.3) is 0 Å². The van der Waals surface area contributed by atoms with Crippen LogP contribution in [0.2, 0.25) is 0 Å². The van der Waals surface area contributed by atoms with Crippen LogP contribution in [-0.4, -0.2) is 20.6 Å².